The van der Waals surface area contributed by atoms with E-state index in [9.17, 15) is 52.7 Å². The van der Waals surface area contributed by atoms with Crippen LogP contribution in [0.25, 0.3) is 17.0 Å². The van der Waals surface area contributed by atoms with Crippen molar-refractivity contribution in [1.29, 1.82) is 0 Å². The molecule has 0 amide bonds. The maximum Gasteiger partial charge on any atom is 0.490 e. The fourth-order valence-corrected chi connectivity index (χ4v) is 5.38. The van der Waals surface area contributed by atoms with Gasteiger partial charge in [-0.25, -0.2) is 22.8 Å². The van der Waals surface area contributed by atoms with E-state index in [-0.39, 0.29) is 17.6 Å². The molecular formula is C28H33F9N4O10S. The second-order valence-corrected chi connectivity index (χ2v) is 13.0. The van der Waals surface area contributed by atoms with E-state index in [1.807, 2.05) is 27.8 Å². The van der Waals surface area contributed by atoms with Gasteiger partial charge in [0, 0.05) is 24.7 Å². The zero-order valence-corrected chi connectivity index (χ0v) is 27.6. The first-order chi connectivity index (χ1) is 23.6. The number of fused-ring (bicyclic) bond motifs is 1. The summed E-state index contributed by atoms with van der Waals surface area (Å²) in [6.07, 6.45) is -6.02. The molecule has 2 aromatic rings. The molecule has 1 aromatic carbocycles. The summed E-state index contributed by atoms with van der Waals surface area (Å²) in [6, 6.07) is 5.96. The molecule has 0 radical (unpaired) electrons. The number of nitrogens with zero attached hydrogens (tertiary/aromatic N) is 3. The molecule has 52 heavy (non-hydrogen) atoms. The third-order valence-corrected chi connectivity index (χ3v) is 7.99. The Morgan fingerprint density at radius 2 is 1.27 bits per heavy atom. The van der Waals surface area contributed by atoms with Gasteiger partial charge in [0.25, 0.3) is 0 Å². The number of allylic oxidation sites excluding steroid dienone is 1. The Bertz CT molecular complexity index is 1620. The van der Waals surface area contributed by atoms with Crippen LogP contribution in [0.1, 0.15) is 37.3 Å². The molecule has 4 rings (SSSR count). The van der Waals surface area contributed by atoms with Crippen molar-refractivity contribution in [1.82, 2.24) is 20.0 Å². The van der Waals surface area contributed by atoms with Gasteiger partial charge in [0.05, 0.1) is 18.1 Å². The summed E-state index contributed by atoms with van der Waals surface area (Å²) in [5.74, 6) is -8.55. The third-order valence-electron chi connectivity index (χ3n) is 6.98. The van der Waals surface area contributed by atoms with E-state index in [1.165, 1.54) is 6.26 Å². The van der Waals surface area contributed by atoms with Crippen molar-refractivity contribution in [2.24, 2.45) is 5.92 Å². The van der Waals surface area contributed by atoms with Gasteiger partial charge >= 0.3 is 42.4 Å². The average molecular weight is 789 g/mol. The number of rotatable bonds is 6. The number of carboxylic acids is 4. The summed E-state index contributed by atoms with van der Waals surface area (Å²) in [5, 5.41) is 39.0. The number of alkyl halides is 9. The van der Waals surface area contributed by atoms with Crippen LogP contribution in [0.15, 0.2) is 29.3 Å². The van der Waals surface area contributed by atoms with E-state index in [0.29, 0.717) is 24.4 Å². The van der Waals surface area contributed by atoms with Gasteiger partial charge in [0.15, 0.2) is 14.9 Å². The normalized spacial score (nSPS) is 16.5. The maximum absolute atomic E-state index is 12.5. The number of nitrogens with one attached hydrogen (secondary N) is 1. The lowest BCUT2D eigenvalue weighted by molar-refractivity contribution is -0.193. The molecule has 2 fully saturated rings. The molecule has 5 N–H and O–H groups in total. The number of aliphatic carboxylic acids is 4. The van der Waals surface area contributed by atoms with E-state index in [2.05, 4.69) is 22.6 Å². The van der Waals surface area contributed by atoms with Gasteiger partial charge in [0.1, 0.15) is 0 Å². The number of carboxylic acid groups (broad SMARTS) is 4. The highest BCUT2D eigenvalue weighted by molar-refractivity contribution is 7.90. The Hall–Kier alpha value is -4.45. The molecular weight excluding hydrogens is 755 g/mol. The van der Waals surface area contributed by atoms with Gasteiger partial charge in [-0.05, 0) is 62.4 Å². The lowest BCUT2D eigenvalue weighted by atomic mass is 9.97. The molecule has 0 bridgehead atoms. The Morgan fingerprint density at radius 1 is 0.827 bits per heavy atom. The summed E-state index contributed by atoms with van der Waals surface area (Å²) in [6.45, 7) is 3.41. The van der Waals surface area contributed by atoms with Crippen LogP contribution in [-0.2, 0) is 29.0 Å². The van der Waals surface area contributed by atoms with Gasteiger partial charge in [-0.1, -0.05) is 18.2 Å². The van der Waals surface area contributed by atoms with Crippen LogP contribution in [0.5, 0.6) is 0 Å². The van der Waals surface area contributed by atoms with Crippen LogP contribution in [-0.4, -0.2) is 125 Å². The largest absolute Gasteiger partial charge is 0.490 e. The number of hydrogen-bond donors (Lipinski definition) is 5. The summed E-state index contributed by atoms with van der Waals surface area (Å²) in [5.41, 5.74) is 1.79. The van der Waals surface area contributed by atoms with Crippen LogP contribution < -0.4 is 5.32 Å². The van der Waals surface area contributed by atoms with Gasteiger partial charge in [-0.15, -0.1) is 0 Å². The molecule has 14 nitrogen and oxygen atoms in total. The molecule has 3 heterocycles. The monoisotopic (exact) mass is 788 g/mol. The van der Waals surface area contributed by atoms with E-state index >= 15 is 0 Å². The second-order valence-electron chi connectivity index (χ2n) is 11.1. The molecule has 2 aliphatic heterocycles. The zero-order valence-electron chi connectivity index (χ0n) is 26.8. The molecule has 1 aromatic heterocycles. The van der Waals surface area contributed by atoms with Crippen LogP contribution in [0.2, 0.25) is 0 Å². The summed E-state index contributed by atoms with van der Waals surface area (Å²) in [7, 11) is -3.48. The first-order valence-corrected chi connectivity index (χ1v) is 16.5. The minimum Gasteiger partial charge on any atom is -0.480 e. The molecule has 24 heteroatoms. The Balaban J connectivity index is 0.000000525. The first kappa shape index (κ1) is 45.6. The van der Waals surface area contributed by atoms with Gasteiger partial charge in [0.2, 0.25) is 0 Å². The second kappa shape index (κ2) is 18.9. The number of benzene rings is 1. The molecule has 2 saturated heterocycles. The van der Waals surface area contributed by atoms with Crippen molar-refractivity contribution >= 4 is 50.7 Å². The minimum absolute atomic E-state index is 0.0356. The maximum atomic E-state index is 12.5. The van der Waals surface area contributed by atoms with Gasteiger partial charge in [-0.2, -0.15) is 44.6 Å². The van der Waals surface area contributed by atoms with E-state index in [1.54, 1.807) is 0 Å². The lowest BCUT2D eigenvalue weighted by Crippen LogP contribution is -2.38. The van der Waals surface area contributed by atoms with Crippen molar-refractivity contribution in [2.45, 2.75) is 55.3 Å². The number of hydrogen-bond acceptors (Lipinski definition) is 9. The molecule has 0 spiro atoms. The number of carbonyl (C=O) groups is 4. The van der Waals surface area contributed by atoms with Crippen LogP contribution in [0, 0.1) is 5.92 Å². The Labute approximate surface area is 288 Å². The quantitative estimate of drug-likeness (QED) is 0.261. The predicted molar refractivity (Wildman–Crippen MR) is 161 cm³/mol. The number of likely N-dealkylation sites (tertiary alicyclic amines) is 1. The van der Waals surface area contributed by atoms with Crippen LogP contribution >= 0.6 is 0 Å². The van der Waals surface area contributed by atoms with Crippen molar-refractivity contribution in [3.8, 4) is 0 Å². The Kier molecular flexibility index (Phi) is 16.5. The highest BCUT2D eigenvalue weighted by Gasteiger charge is 2.39. The predicted octanol–water partition coefficient (Wildman–Crippen LogP) is 4.07. The number of piperidine rings is 2. The van der Waals surface area contributed by atoms with Crippen molar-refractivity contribution in [2.75, 3.05) is 39.0 Å². The number of aromatic nitrogens is 2. The topological polar surface area (TPSA) is 216 Å². The molecule has 0 unspecified atom stereocenters. The van der Waals surface area contributed by atoms with Crippen LogP contribution in [0.3, 0.4) is 0 Å². The SMILES string of the molecule is CS(=O)(=O)c1nn(C2CCN(CC(=O)O)CC2)c2ccc(C=CC3CCNCC3)cc12.O=C(O)C(F)(F)F.O=C(O)C(F)(F)F.O=C(O)C(F)(F)F. The molecule has 0 atom stereocenters. The fourth-order valence-electron chi connectivity index (χ4n) is 4.58. The molecule has 0 aliphatic carbocycles. The van der Waals surface area contributed by atoms with E-state index in [4.69, 9.17) is 34.8 Å². The van der Waals surface area contributed by atoms with Crippen molar-refractivity contribution in [3.63, 3.8) is 0 Å². The Morgan fingerprint density at radius 3 is 1.65 bits per heavy atom. The smallest absolute Gasteiger partial charge is 0.480 e. The fraction of sp³-hybridized carbons (Fsp3) is 0.536. The molecule has 294 valence electrons. The highest BCUT2D eigenvalue weighted by atomic mass is 32.2. The molecule has 0 saturated carbocycles. The van der Waals surface area contributed by atoms with Crippen LogP contribution in [0.4, 0.5) is 39.5 Å². The number of halogens is 9. The highest BCUT2D eigenvalue weighted by Crippen LogP contribution is 2.31. The van der Waals surface area contributed by atoms with Gasteiger partial charge in [-0.3, -0.25) is 14.4 Å². The standard InChI is InChI=1S/C22H30N4O4S.3C2HF3O2/c1-31(29,30)22-19-14-17(3-2-16-6-10-23-11-7-16)4-5-20(19)26(24-22)18-8-12-25(13-9-18)15-21(27)28;3*3-2(4,5)1(6)7/h2-5,14,16,18,23H,6-13,15H2,1H3,(H,27,28);3*(H,6,7). The summed E-state index contributed by atoms with van der Waals surface area (Å²) >= 11 is 0. The van der Waals surface area contributed by atoms with E-state index < -0.39 is 52.2 Å². The molecule has 2 aliphatic rings. The zero-order chi connectivity index (χ0) is 40.2. The number of sulfone groups is 1. The van der Waals surface area contributed by atoms with E-state index in [0.717, 1.165) is 49.9 Å². The minimum atomic E-state index is -5.08. The lowest BCUT2D eigenvalue weighted by Gasteiger charge is -2.31. The average Bonchev–Trinajstić information content (AvgIpc) is 3.40. The summed E-state index contributed by atoms with van der Waals surface area (Å²) < 4.78 is 122. The summed E-state index contributed by atoms with van der Waals surface area (Å²) in [4.78, 5) is 39.6. The van der Waals surface area contributed by atoms with Gasteiger partial charge < -0.3 is 25.7 Å². The third kappa shape index (κ3) is 15.8. The first-order valence-electron chi connectivity index (χ1n) is 14.6. The van der Waals surface area contributed by atoms with Crippen molar-refractivity contribution < 1.29 is 87.5 Å². The van der Waals surface area contributed by atoms with Crippen molar-refractivity contribution in [3.05, 3.63) is 29.8 Å².